The van der Waals surface area contributed by atoms with Crippen LogP contribution >= 0.6 is 22.7 Å². The second kappa shape index (κ2) is 9.59. The highest BCUT2D eigenvalue weighted by atomic mass is 32.1. The molecule has 6 rings (SSSR count). The van der Waals surface area contributed by atoms with Gasteiger partial charge in [-0.2, -0.15) is 0 Å². The maximum absolute atomic E-state index is 14.1. The summed E-state index contributed by atoms with van der Waals surface area (Å²) in [5.74, 6) is -0.442. The number of benzene rings is 1. The molecule has 184 valence electrons. The van der Waals surface area contributed by atoms with Crippen molar-refractivity contribution in [2.45, 2.75) is 45.2 Å². The lowest BCUT2D eigenvalue weighted by molar-refractivity contribution is 0.0527. The molecule has 36 heavy (non-hydrogen) atoms. The normalized spacial score (nSPS) is 16.5. The van der Waals surface area contributed by atoms with Crippen LogP contribution in [0.25, 0.3) is 5.00 Å². The number of para-hydroxylation sites is 1. The largest absolute Gasteiger partial charge is 0.462 e. The van der Waals surface area contributed by atoms with Crippen LogP contribution in [0.1, 0.15) is 62.7 Å². The number of nitrogens with zero attached hydrogens (tertiary/aromatic N) is 2. The van der Waals surface area contributed by atoms with Gasteiger partial charge in [-0.15, -0.1) is 22.7 Å². The number of ether oxygens (including phenoxy) is 1. The number of carbonyl (C=O) groups is 2. The molecule has 0 saturated heterocycles. The number of hydrogen-bond acceptors (Lipinski definition) is 5. The molecule has 1 unspecified atom stereocenters. The fourth-order valence-corrected chi connectivity index (χ4v) is 7.55. The Bertz CT molecular complexity index is 1420. The van der Waals surface area contributed by atoms with Gasteiger partial charge < -0.3 is 19.5 Å². The number of fused-ring (bicyclic) bond motifs is 5. The van der Waals surface area contributed by atoms with Crippen molar-refractivity contribution < 1.29 is 14.3 Å². The van der Waals surface area contributed by atoms with E-state index in [9.17, 15) is 9.59 Å². The highest BCUT2D eigenvalue weighted by Gasteiger charge is 2.36. The maximum atomic E-state index is 14.1. The lowest BCUT2D eigenvalue weighted by Gasteiger charge is -2.30. The summed E-state index contributed by atoms with van der Waals surface area (Å²) < 4.78 is 7.51. The third kappa shape index (κ3) is 3.94. The molecule has 1 aliphatic heterocycles. The van der Waals surface area contributed by atoms with Gasteiger partial charge in [0.15, 0.2) is 0 Å². The third-order valence-corrected chi connectivity index (χ3v) is 9.17. The molecule has 2 amide bonds. The van der Waals surface area contributed by atoms with E-state index in [-0.39, 0.29) is 18.7 Å². The predicted octanol–water partition coefficient (Wildman–Crippen LogP) is 6.79. The van der Waals surface area contributed by atoms with Crippen molar-refractivity contribution in [1.29, 1.82) is 0 Å². The molecule has 0 bridgehead atoms. The highest BCUT2D eigenvalue weighted by Crippen LogP contribution is 2.44. The number of aryl methyl sites for hydroxylation is 1. The predicted molar refractivity (Wildman–Crippen MR) is 143 cm³/mol. The van der Waals surface area contributed by atoms with E-state index in [2.05, 4.69) is 39.7 Å². The van der Waals surface area contributed by atoms with E-state index in [1.165, 1.54) is 33.8 Å². The molecule has 1 aromatic carbocycles. The fraction of sp³-hybridized carbons (Fsp3) is 0.286. The van der Waals surface area contributed by atoms with Gasteiger partial charge >= 0.3 is 12.0 Å². The fourth-order valence-electron chi connectivity index (χ4n) is 5.30. The van der Waals surface area contributed by atoms with Crippen LogP contribution in [0.5, 0.6) is 0 Å². The van der Waals surface area contributed by atoms with E-state index in [4.69, 9.17) is 4.74 Å². The number of esters is 1. The van der Waals surface area contributed by atoms with E-state index in [0.717, 1.165) is 23.4 Å². The topological polar surface area (TPSA) is 63.6 Å². The Morgan fingerprint density at radius 3 is 2.75 bits per heavy atom. The number of nitrogens with one attached hydrogen (secondary N) is 1. The Morgan fingerprint density at radius 1 is 1.06 bits per heavy atom. The lowest BCUT2D eigenvalue weighted by Crippen LogP contribution is -2.38. The first-order valence-corrected chi connectivity index (χ1v) is 14.0. The van der Waals surface area contributed by atoms with Crippen LogP contribution in [0.15, 0.2) is 60.1 Å². The van der Waals surface area contributed by atoms with Crippen LogP contribution in [0.4, 0.5) is 10.5 Å². The molecule has 4 aromatic rings. The first kappa shape index (κ1) is 23.1. The minimum atomic E-state index is -0.442. The van der Waals surface area contributed by atoms with E-state index in [1.807, 2.05) is 28.4 Å². The number of hydrogen-bond donors (Lipinski definition) is 1. The molecule has 3 aromatic heterocycles. The van der Waals surface area contributed by atoms with Crippen molar-refractivity contribution in [3.8, 4) is 5.00 Å². The Labute approximate surface area is 218 Å². The number of amides is 2. The molecule has 8 heteroatoms. The van der Waals surface area contributed by atoms with Gasteiger partial charge in [0.2, 0.25) is 0 Å². The summed E-state index contributed by atoms with van der Waals surface area (Å²) in [7, 11) is 0. The van der Waals surface area contributed by atoms with E-state index < -0.39 is 5.97 Å². The van der Waals surface area contributed by atoms with Gasteiger partial charge in [0.25, 0.3) is 0 Å². The standard InChI is InChI=1S/C28H27N3O3S2/c1-2-34-27(32)19-10-3-5-11-21(19)29-28(33)31-17-20-18-9-4-6-13-23(18)36-26(20)30-15-7-12-22(30)25(31)24-14-8-16-35-24/h3,5,7-8,10-12,14-16,25H,2,4,6,9,13,17H2,1H3,(H,29,33). The Hall–Kier alpha value is -3.36. The second-order valence-corrected chi connectivity index (χ2v) is 11.1. The minimum absolute atomic E-state index is 0.235. The molecule has 6 nitrogen and oxygen atoms in total. The first-order valence-electron chi connectivity index (χ1n) is 12.3. The minimum Gasteiger partial charge on any atom is -0.462 e. The zero-order valence-corrected chi connectivity index (χ0v) is 21.7. The smallest absolute Gasteiger partial charge is 0.340 e. The van der Waals surface area contributed by atoms with E-state index in [0.29, 0.717) is 17.8 Å². The number of urea groups is 1. The Morgan fingerprint density at radius 2 is 1.92 bits per heavy atom. The lowest BCUT2D eigenvalue weighted by atomic mass is 9.95. The third-order valence-electron chi connectivity index (χ3n) is 6.92. The van der Waals surface area contributed by atoms with Gasteiger partial charge in [0, 0.05) is 21.5 Å². The van der Waals surface area contributed by atoms with E-state index in [1.54, 1.807) is 36.5 Å². The van der Waals surface area contributed by atoms with Crippen LogP contribution < -0.4 is 5.32 Å². The van der Waals surface area contributed by atoms with E-state index >= 15 is 0 Å². The summed E-state index contributed by atoms with van der Waals surface area (Å²) in [4.78, 5) is 31.1. The molecule has 4 heterocycles. The van der Waals surface area contributed by atoms with Gasteiger partial charge in [-0.1, -0.05) is 18.2 Å². The van der Waals surface area contributed by atoms with Crippen LogP contribution in [0.3, 0.4) is 0 Å². The summed E-state index contributed by atoms with van der Waals surface area (Å²) >= 11 is 3.53. The zero-order chi connectivity index (χ0) is 24.6. The molecular weight excluding hydrogens is 490 g/mol. The van der Waals surface area contributed by atoms with Crippen molar-refractivity contribution in [2.24, 2.45) is 0 Å². The average Bonchev–Trinajstić information content (AvgIpc) is 3.64. The number of anilines is 1. The van der Waals surface area contributed by atoms with Gasteiger partial charge in [0.1, 0.15) is 11.0 Å². The summed E-state index contributed by atoms with van der Waals surface area (Å²) in [5, 5.41) is 6.33. The summed E-state index contributed by atoms with van der Waals surface area (Å²) in [6.45, 7) is 2.56. The number of carbonyl (C=O) groups excluding carboxylic acids is 2. The Kier molecular flexibility index (Phi) is 6.15. The molecular formula is C28H27N3O3S2. The molecule has 2 aliphatic rings. The average molecular weight is 518 g/mol. The maximum Gasteiger partial charge on any atom is 0.340 e. The molecule has 0 fully saturated rings. The summed E-state index contributed by atoms with van der Waals surface area (Å²) in [6, 6.07) is 14.9. The molecule has 1 N–H and O–H groups in total. The van der Waals surface area contributed by atoms with Gasteiger partial charge in [0.05, 0.1) is 30.1 Å². The number of rotatable bonds is 4. The van der Waals surface area contributed by atoms with Gasteiger partial charge in [-0.3, -0.25) is 0 Å². The molecule has 0 radical (unpaired) electrons. The summed E-state index contributed by atoms with van der Waals surface area (Å²) in [5.41, 5.74) is 4.55. The monoisotopic (exact) mass is 517 g/mol. The quantitative estimate of drug-likeness (QED) is 0.303. The molecule has 0 spiro atoms. The summed E-state index contributed by atoms with van der Waals surface area (Å²) in [6.07, 6.45) is 6.69. The van der Waals surface area contributed by atoms with Crippen molar-refractivity contribution in [1.82, 2.24) is 9.47 Å². The second-order valence-electron chi connectivity index (χ2n) is 9.04. The van der Waals surface area contributed by atoms with Crippen LogP contribution in [0.2, 0.25) is 0 Å². The molecule has 1 atom stereocenters. The van der Waals surface area contributed by atoms with Gasteiger partial charge in [-0.25, -0.2) is 9.59 Å². The Balaban J connectivity index is 1.44. The molecule has 1 aliphatic carbocycles. The number of aromatic nitrogens is 1. The van der Waals surface area contributed by atoms with Crippen molar-refractivity contribution in [3.05, 3.63) is 92.2 Å². The van der Waals surface area contributed by atoms with Crippen LogP contribution in [-0.4, -0.2) is 28.1 Å². The van der Waals surface area contributed by atoms with Crippen molar-refractivity contribution in [3.63, 3.8) is 0 Å². The van der Waals surface area contributed by atoms with Crippen LogP contribution in [-0.2, 0) is 24.1 Å². The van der Waals surface area contributed by atoms with Crippen LogP contribution in [0, 0.1) is 0 Å². The first-order chi connectivity index (χ1) is 17.7. The van der Waals surface area contributed by atoms with Gasteiger partial charge in [-0.05, 0) is 73.9 Å². The zero-order valence-electron chi connectivity index (χ0n) is 20.0. The van der Waals surface area contributed by atoms with Crippen molar-refractivity contribution in [2.75, 3.05) is 11.9 Å². The molecule has 0 saturated carbocycles. The number of thiophene rings is 2. The SMILES string of the molecule is CCOC(=O)c1ccccc1NC(=O)N1Cc2c(sc3c2CCCC3)-n2cccc2C1c1cccs1. The highest BCUT2D eigenvalue weighted by molar-refractivity contribution is 7.15. The van der Waals surface area contributed by atoms with Crippen molar-refractivity contribution >= 4 is 40.4 Å².